The second-order valence-electron chi connectivity index (χ2n) is 9.75. The Labute approximate surface area is 196 Å². The molecule has 1 aromatic rings. The molecule has 1 saturated carbocycles. The first-order chi connectivity index (χ1) is 16.1. The van der Waals surface area contributed by atoms with Crippen LogP contribution in [0, 0.1) is 5.92 Å². The lowest BCUT2D eigenvalue weighted by Crippen LogP contribution is -2.46. The molecule has 33 heavy (non-hydrogen) atoms. The van der Waals surface area contributed by atoms with Crippen molar-refractivity contribution < 1.29 is 19.1 Å². The Hall–Kier alpha value is -2.41. The Kier molecular flexibility index (Phi) is 8.02. The van der Waals surface area contributed by atoms with Crippen LogP contribution in [0.1, 0.15) is 73.7 Å². The maximum absolute atomic E-state index is 12.9. The first kappa shape index (κ1) is 23.7. The summed E-state index contributed by atoms with van der Waals surface area (Å²) in [4.78, 5) is 40.3. The lowest BCUT2D eigenvalue weighted by molar-refractivity contribution is -0.125. The smallest absolute Gasteiger partial charge is 0.255 e. The van der Waals surface area contributed by atoms with Gasteiger partial charge in [-0.25, -0.2) is 0 Å². The summed E-state index contributed by atoms with van der Waals surface area (Å²) in [5.74, 6) is 1.26. The van der Waals surface area contributed by atoms with Gasteiger partial charge in [-0.3, -0.25) is 9.59 Å². The molecule has 2 amide bonds. The first-order valence-electron chi connectivity index (χ1n) is 12.6. The number of aldehydes is 1. The number of carbonyl (C=O) groups excluding carboxylic acids is 3. The molecule has 1 atom stereocenters. The number of piperidine rings is 1. The number of likely N-dealkylation sites (N-methyl/N-ethyl adjacent to an activating group) is 1. The maximum atomic E-state index is 12.9. The van der Waals surface area contributed by atoms with E-state index in [0.717, 1.165) is 49.4 Å². The minimum Gasteiger partial charge on any atom is -0.490 e. The van der Waals surface area contributed by atoms with Crippen molar-refractivity contribution in [2.75, 3.05) is 26.7 Å². The van der Waals surface area contributed by atoms with Gasteiger partial charge in [0.05, 0.1) is 0 Å². The van der Waals surface area contributed by atoms with Gasteiger partial charge in [-0.1, -0.05) is 19.3 Å². The van der Waals surface area contributed by atoms with Crippen LogP contribution in [0.25, 0.3) is 0 Å². The number of hydrogen-bond donors (Lipinski definition) is 1. The zero-order valence-electron chi connectivity index (χ0n) is 19.8. The fraction of sp³-hybridized carbons (Fsp3) is 0.654. The van der Waals surface area contributed by atoms with Crippen molar-refractivity contribution in [2.24, 2.45) is 5.92 Å². The van der Waals surface area contributed by atoms with E-state index >= 15 is 0 Å². The molecule has 1 saturated heterocycles. The van der Waals surface area contributed by atoms with Crippen molar-refractivity contribution in [1.82, 2.24) is 15.1 Å². The normalized spacial score (nSPS) is 21.0. The van der Waals surface area contributed by atoms with Crippen molar-refractivity contribution in [3.8, 4) is 5.75 Å². The van der Waals surface area contributed by atoms with E-state index in [1.165, 1.54) is 38.6 Å². The number of amides is 2. The van der Waals surface area contributed by atoms with Gasteiger partial charge in [0.1, 0.15) is 24.2 Å². The zero-order chi connectivity index (χ0) is 23.2. The van der Waals surface area contributed by atoms with Crippen LogP contribution in [0.15, 0.2) is 18.2 Å². The van der Waals surface area contributed by atoms with E-state index in [1.807, 2.05) is 18.2 Å². The molecule has 1 unspecified atom stereocenters. The predicted molar refractivity (Wildman–Crippen MR) is 126 cm³/mol. The molecule has 1 aliphatic carbocycles. The number of nitrogens with zero attached hydrogens (tertiary/aromatic N) is 2. The molecule has 0 radical (unpaired) electrons. The van der Waals surface area contributed by atoms with Crippen LogP contribution < -0.4 is 10.1 Å². The number of benzene rings is 1. The molecule has 1 aromatic carbocycles. The lowest BCUT2D eigenvalue weighted by atomic mass is 9.88. The Balaban J connectivity index is 1.32. The van der Waals surface area contributed by atoms with Crippen LogP contribution >= 0.6 is 0 Å². The third kappa shape index (κ3) is 5.75. The van der Waals surface area contributed by atoms with Gasteiger partial charge in [0.25, 0.3) is 5.91 Å². The molecule has 4 rings (SSSR count). The molecular formula is C26H37N3O4. The van der Waals surface area contributed by atoms with Crippen LogP contribution in [0.3, 0.4) is 0 Å². The van der Waals surface area contributed by atoms with Gasteiger partial charge in [-0.05, 0) is 61.8 Å². The zero-order valence-corrected chi connectivity index (χ0v) is 19.8. The Morgan fingerprint density at radius 3 is 2.64 bits per heavy atom. The predicted octanol–water partition coefficient (Wildman–Crippen LogP) is 3.16. The topological polar surface area (TPSA) is 79.0 Å². The largest absolute Gasteiger partial charge is 0.490 e. The fourth-order valence-corrected chi connectivity index (χ4v) is 5.60. The van der Waals surface area contributed by atoms with E-state index in [4.69, 9.17) is 4.74 Å². The van der Waals surface area contributed by atoms with Crippen molar-refractivity contribution >= 4 is 18.1 Å². The van der Waals surface area contributed by atoms with E-state index in [0.29, 0.717) is 18.5 Å². The Morgan fingerprint density at radius 1 is 1.18 bits per heavy atom. The van der Waals surface area contributed by atoms with Crippen LogP contribution in [0.5, 0.6) is 5.75 Å². The van der Waals surface area contributed by atoms with Crippen LogP contribution in [0.4, 0.5) is 0 Å². The summed E-state index contributed by atoms with van der Waals surface area (Å²) >= 11 is 0. The molecule has 3 aliphatic rings. The van der Waals surface area contributed by atoms with E-state index < -0.39 is 6.04 Å². The Morgan fingerprint density at radius 2 is 1.94 bits per heavy atom. The number of likely N-dealkylation sites (tertiary alicyclic amines) is 1. The van der Waals surface area contributed by atoms with Crippen LogP contribution in [0.2, 0.25) is 0 Å². The van der Waals surface area contributed by atoms with Crippen molar-refractivity contribution in [1.29, 1.82) is 0 Å². The highest BCUT2D eigenvalue weighted by Gasteiger charge is 2.36. The number of hydrogen-bond acceptors (Lipinski definition) is 5. The molecule has 0 bridgehead atoms. The van der Waals surface area contributed by atoms with Gasteiger partial charge in [-0.15, -0.1) is 0 Å². The molecule has 1 N–H and O–H groups in total. The molecule has 2 heterocycles. The van der Waals surface area contributed by atoms with E-state index in [9.17, 15) is 14.4 Å². The molecule has 180 valence electrons. The molecule has 7 heteroatoms. The Bertz CT molecular complexity index is 844. The molecule has 0 aromatic heterocycles. The van der Waals surface area contributed by atoms with Gasteiger partial charge >= 0.3 is 0 Å². The number of rotatable bonds is 9. The van der Waals surface area contributed by atoms with Gasteiger partial charge < -0.3 is 24.6 Å². The molecule has 0 spiro atoms. The summed E-state index contributed by atoms with van der Waals surface area (Å²) in [5.41, 5.74) is 1.50. The monoisotopic (exact) mass is 455 g/mol. The number of nitrogens with one attached hydrogen (secondary N) is 1. The quantitative estimate of drug-likeness (QED) is 0.579. The average Bonchev–Trinajstić information content (AvgIpc) is 3.16. The fourth-order valence-electron chi connectivity index (χ4n) is 5.60. The molecule has 2 fully saturated rings. The highest BCUT2D eigenvalue weighted by molar-refractivity contribution is 6.01. The lowest BCUT2D eigenvalue weighted by Gasteiger charge is -2.35. The summed E-state index contributed by atoms with van der Waals surface area (Å²) in [5, 5.41) is 2.62. The number of fused-ring (bicyclic) bond motifs is 1. The van der Waals surface area contributed by atoms with Gasteiger partial charge in [0, 0.05) is 45.2 Å². The SMILES string of the molecule is CNC(=O)C(CCC=O)N1Cc2cc(OC3CCN(CC4CCCCC4)CC3)ccc2C1=O. The minimum absolute atomic E-state index is 0.160. The highest BCUT2D eigenvalue weighted by atomic mass is 16.5. The minimum atomic E-state index is -0.641. The van der Waals surface area contributed by atoms with Crippen molar-refractivity contribution in [3.05, 3.63) is 29.3 Å². The van der Waals surface area contributed by atoms with E-state index in [2.05, 4.69) is 10.2 Å². The molecule has 7 nitrogen and oxygen atoms in total. The third-order valence-electron chi connectivity index (χ3n) is 7.47. The number of carbonyl (C=O) groups is 3. The third-order valence-corrected chi connectivity index (χ3v) is 7.47. The summed E-state index contributed by atoms with van der Waals surface area (Å²) in [7, 11) is 1.55. The van der Waals surface area contributed by atoms with Crippen molar-refractivity contribution in [3.63, 3.8) is 0 Å². The summed E-state index contributed by atoms with van der Waals surface area (Å²) in [6.45, 7) is 3.77. The second kappa shape index (κ2) is 11.1. The van der Waals surface area contributed by atoms with Crippen molar-refractivity contribution in [2.45, 2.75) is 76.5 Å². The van der Waals surface area contributed by atoms with Crippen LogP contribution in [-0.4, -0.2) is 66.7 Å². The first-order valence-corrected chi connectivity index (χ1v) is 12.6. The maximum Gasteiger partial charge on any atom is 0.255 e. The second-order valence-corrected chi connectivity index (χ2v) is 9.75. The highest BCUT2D eigenvalue weighted by Crippen LogP contribution is 2.31. The van der Waals surface area contributed by atoms with Gasteiger partial charge in [0.15, 0.2) is 0 Å². The average molecular weight is 456 g/mol. The van der Waals surface area contributed by atoms with Gasteiger partial charge in [-0.2, -0.15) is 0 Å². The standard InChI is InChI=1S/C26H37N3O4/c1-27-25(31)24(8-5-15-30)29-18-20-16-22(9-10-23(20)26(29)32)33-21-11-13-28(14-12-21)17-19-6-3-2-4-7-19/h9-10,15-16,19,21,24H,2-8,11-14,17-18H2,1H3,(H,27,31). The van der Waals surface area contributed by atoms with E-state index in [1.54, 1.807) is 11.9 Å². The van der Waals surface area contributed by atoms with Crippen LogP contribution in [-0.2, 0) is 16.1 Å². The van der Waals surface area contributed by atoms with Gasteiger partial charge in [0.2, 0.25) is 5.91 Å². The summed E-state index contributed by atoms with van der Waals surface area (Å²) in [6, 6.07) is 4.99. The van der Waals surface area contributed by atoms with E-state index in [-0.39, 0.29) is 24.3 Å². The summed E-state index contributed by atoms with van der Waals surface area (Å²) in [6.07, 6.45) is 10.6. The number of ether oxygens (including phenoxy) is 1. The summed E-state index contributed by atoms with van der Waals surface area (Å²) < 4.78 is 6.30. The molecule has 2 aliphatic heterocycles. The molecular weight excluding hydrogens is 418 g/mol.